The van der Waals surface area contributed by atoms with E-state index in [0.29, 0.717) is 16.6 Å². The number of hydrogen-bond acceptors (Lipinski definition) is 4. The average molecular weight is 510 g/mol. The fourth-order valence-electron chi connectivity index (χ4n) is 4.08. The standard InChI is InChI=1S/C25H24BrN3O2S/c1-5-20(23(30)28-19-11-14(2)10-15(3)12-19)29-13-27-24-22(25(29)31)21(16(4)32-24)17-6-8-18(26)9-7-17/h6-13,20H,5H2,1-4H3,(H,28,30). The van der Waals surface area contributed by atoms with Gasteiger partial charge in [0.15, 0.2) is 0 Å². The number of thiophene rings is 1. The van der Waals surface area contributed by atoms with Gasteiger partial charge < -0.3 is 5.32 Å². The normalized spacial score (nSPS) is 12.2. The molecule has 2 heterocycles. The first-order valence-electron chi connectivity index (χ1n) is 10.4. The van der Waals surface area contributed by atoms with Gasteiger partial charge in [0.05, 0.1) is 11.7 Å². The zero-order chi connectivity index (χ0) is 23.0. The number of nitrogens with zero attached hydrogens (tertiary/aromatic N) is 2. The maximum Gasteiger partial charge on any atom is 0.263 e. The number of anilines is 1. The summed E-state index contributed by atoms with van der Waals surface area (Å²) in [7, 11) is 0. The Morgan fingerprint density at radius 3 is 2.41 bits per heavy atom. The molecule has 0 saturated carbocycles. The largest absolute Gasteiger partial charge is 0.324 e. The second-order valence-electron chi connectivity index (χ2n) is 7.97. The van der Waals surface area contributed by atoms with Crippen molar-refractivity contribution in [3.05, 3.63) is 79.6 Å². The van der Waals surface area contributed by atoms with E-state index in [1.54, 1.807) is 0 Å². The van der Waals surface area contributed by atoms with Crippen LogP contribution in [-0.4, -0.2) is 15.5 Å². The first kappa shape index (κ1) is 22.4. The number of carbonyl (C=O) groups excluding carboxylic acids is 1. The number of halogens is 1. The smallest absolute Gasteiger partial charge is 0.263 e. The second kappa shape index (κ2) is 9.00. The summed E-state index contributed by atoms with van der Waals surface area (Å²) < 4.78 is 2.44. The number of fused-ring (bicyclic) bond motifs is 1. The Balaban J connectivity index is 1.78. The van der Waals surface area contributed by atoms with Crippen LogP contribution in [0.2, 0.25) is 0 Å². The van der Waals surface area contributed by atoms with Crippen LogP contribution in [0, 0.1) is 20.8 Å². The number of hydrogen-bond donors (Lipinski definition) is 1. The molecular formula is C25H24BrN3O2S. The van der Waals surface area contributed by atoms with Crippen molar-refractivity contribution >= 4 is 49.1 Å². The van der Waals surface area contributed by atoms with Crippen molar-refractivity contribution in [2.45, 2.75) is 40.2 Å². The third-order valence-electron chi connectivity index (χ3n) is 5.46. The summed E-state index contributed by atoms with van der Waals surface area (Å²) >= 11 is 4.96. The van der Waals surface area contributed by atoms with E-state index < -0.39 is 6.04 Å². The summed E-state index contributed by atoms with van der Waals surface area (Å²) in [5, 5.41) is 3.54. The number of aryl methyl sites for hydroxylation is 3. The lowest BCUT2D eigenvalue weighted by atomic mass is 10.0. The molecule has 0 aliphatic carbocycles. The van der Waals surface area contributed by atoms with Gasteiger partial charge in [-0.2, -0.15) is 0 Å². The van der Waals surface area contributed by atoms with E-state index in [1.807, 2.05) is 64.1 Å². The summed E-state index contributed by atoms with van der Waals surface area (Å²) in [6.45, 7) is 7.88. The van der Waals surface area contributed by atoms with Crippen molar-refractivity contribution in [2.24, 2.45) is 0 Å². The molecule has 0 aliphatic rings. The van der Waals surface area contributed by atoms with Gasteiger partial charge in [0.25, 0.3) is 5.56 Å². The van der Waals surface area contributed by atoms with Crippen molar-refractivity contribution in [3.8, 4) is 11.1 Å². The fourth-order valence-corrected chi connectivity index (χ4v) is 5.35. The Labute approximate surface area is 199 Å². The van der Waals surface area contributed by atoms with Crippen LogP contribution in [0.15, 0.2) is 58.1 Å². The monoisotopic (exact) mass is 509 g/mol. The van der Waals surface area contributed by atoms with E-state index in [1.165, 1.54) is 22.2 Å². The Hall–Kier alpha value is -2.77. The first-order valence-corrected chi connectivity index (χ1v) is 12.0. The average Bonchev–Trinajstić information content (AvgIpc) is 3.07. The molecule has 0 bridgehead atoms. The van der Waals surface area contributed by atoms with Gasteiger partial charge >= 0.3 is 0 Å². The van der Waals surface area contributed by atoms with E-state index in [4.69, 9.17) is 0 Å². The molecule has 7 heteroatoms. The van der Waals surface area contributed by atoms with Gasteiger partial charge in [0.2, 0.25) is 5.91 Å². The predicted molar refractivity (Wildman–Crippen MR) is 136 cm³/mol. The van der Waals surface area contributed by atoms with Crippen molar-refractivity contribution in [1.29, 1.82) is 0 Å². The highest BCUT2D eigenvalue weighted by Gasteiger charge is 2.24. The number of rotatable bonds is 5. The van der Waals surface area contributed by atoms with E-state index in [2.05, 4.69) is 32.3 Å². The zero-order valence-electron chi connectivity index (χ0n) is 18.4. The molecule has 1 unspecified atom stereocenters. The van der Waals surface area contributed by atoms with Gasteiger partial charge in [-0.05, 0) is 68.1 Å². The summed E-state index contributed by atoms with van der Waals surface area (Å²) in [6, 6.07) is 13.1. The molecule has 4 aromatic rings. The second-order valence-corrected chi connectivity index (χ2v) is 10.1. The zero-order valence-corrected chi connectivity index (χ0v) is 20.8. The topological polar surface area (TPSA) is 64.0 Å². The van der Waals surface area contributed by atoms with Crippen molar-refractivity contribution in [1.82, 2.24) is 9.55 Å². The van der Waals surface area contributed by atoms with Crippen LogP contribution in [0.5, 0.6) is 0 Å². The highest BCUT2D eigenvalue weighted by Crippen LogP contribution is 2.36. The van der Waals surface area contributed by atoms with Crippen molar-refractivity contribution in [2.75, 3.05) is 5.32 Å². The SMILES string of the molecule is CCC(C(=O)Nc1cc(C)cc(C)c1)n1cnc2sc(C)c(-c3ccc(Br)cc3)c2c1=O. The summed E-state index contributed by atoms with van der Waals surface area (Å²) in [4.78, 5) is 33.0. The van der Waals surface area contributed by atoms with Gasteiger partial charge in [-0.3, -0.25) is 14.2 Å². The number of aromatic nitrogens is 2. The quantitative estimate of drug-likeness (QED) is 0.338. The lowest BCUT2D eigenvalue weighted by Gasteiger charge is -2.18. The minimum atomic E-state index is -0.654. The minimum Gasteiger partial charge on any atom is -0.324 e. The summed E-state index contributed by atoms with van der Waals surface area (Å²) in [5.74, 6) is -0.224. The molecule has 4 rings (SSSR count). The molecule has 0 aliphatic heterocycles. The fraction of sp³-hybridized carbons (Fsp3) is 0.240. The predicted octanol–water partition coefficient (Wildman–Crippen LogP) is 6.40. The lowest BCUT2D eigenvalue weighted by molar-refractivity contribution is -0.119. The van der Waals surface area contributed by atoms with E-state index in [0.717, 1.165) is 37.3 Å². The Bertz CT molecular complexity index is 1350. The number of nitrogens with one attached hydrogen (secondary N) is 1. The Morgan fingerprint density at radius 1 is 1.12 bits per heavy atom. The summed E-state index contributed by atoms with van der Waals surface area (Å²) in [5.41, 5.74) is 4.52. The lowest BCUT2D eigenvalue weighted by Crippen LogP contribution is -2.33. The molecule has 32 heavy (non-hydrogen) atoms. The molecular weight excluding hydrogens is 486 g/mol. The molecule has 1 atom stereocenters. The number of amides is 1. The molecule has 1 N–H and O–H groups in total. The van der Waals surface area contributed by atoms with Crippen LogP contribution in [-0.2, 0) is 4.79 Å². The number of carbonyl (C=O) groups is 1. The molecule has 1 amide bonds. The van der Waals surface area contributed by atoms with Crippen LogP contribution in [0.1, 0.15) is 35.4 Å². The molecule has 0 saturated heterocycles. The highest BCUT2D eigenvalue weighted by atomic mass is 79.9. The van der Waals surface area contributed by atoms with Gasteiger partial charge in [-0.15, -0.1) is 11.3 Å². The third kappa shape index (κ3) is 4.27. The molecule has 0 fully saturated rings. The van der Waals surface area contributed by atoms with Gasteiger partial charge in [0, 0.05) is 20.6 Å². The molecule has 2 aromatic heterocycles. The molecule has 2 aromatic carbocycles. The first-order chi connectivity index (χ1) is 15.3. The van der Waals surface area contributed by atoms with Gasteiger partial charge in [-0.25, -0.2) is 4.98 Å². The highest BCUT2D eigenvalue weighted by molar-refractivity contribution is 9.10. The van der Waals surface area contributed by atoms with Gasteiger partial charge in [0.1, 0.15) is 10.9 Å². The number of benzene rings is 2. The van der Waals surface area contributed by atoms with Crippen molar-refractivity contribution in [3.63, 3.8) is 0 Å². The van der Waals surface area contributed by atoms with Crippen molar-refractivity contribution < 1.29 is 4.79 Å². The van der Waals surface area contributed by atoms with Crippen LogP contribution < -0.4 is 10.9 Å². The van der Waals surface area contributed by atoms with Gasteiger partial charge in [-0.1, -0.05) is 41.1 Å². The molecule has 0 spiro atoms. The molecule has 0 radical (unpaired) electrons. The third-order valence-corrected chi connectivity index (χ3v) is 7.00. The van der Waals surface area contributed by atoms with Crippen LogP contribution in [0.3, 0.4) is 0 Å². The molecule has 164 valence electrons. The van der Waals surface area contributed by atoms with E-state index in [9.17, 15) is 9.59 Å². The van der Waals surface area contributed by atoms with E-state index >= 15 is 0 Å². The van der Waals surface area contributed by atoms with Crippen LogP contribution in [0.4, 0.5) is 5.69 Å². The minimum absolute atomic E-state index is 0.195. The van der Waals surface area contributed by atoms with Crippen LogP contribution >= 0.6 is 27.3 Å². The van der Waals surface area contributed by atoms with E-state index in [-0.39, 0.29) is 11.5 Å². The summed E-state index contributed by atoms with van der Waals surface area (Å²) in [6.07, 6.45) is 1.97. The maximum absolute atomic E-state index is 13.6. The maximum atomic E-state index is 13.6. The molecule has 5 nitrogen and oxygen atoms in total. The van der Waals surface area contributed by atoms with Crippen LogP contribution in [0.25, 0.3) is 21.3 Å². The Morgan fingerprint density at radius 2 is 1.78 bits per heavy atom. The Kier molecular flexibility index (Phi) is 6.31.